The highest BCUT2D eigenvalue weighted by atomic mass is 79.9. The number of hydrogen-bond acceptors (Lipinski definition) is 5. The van der Waals surface area contributed by atoms with Crippen LogP contribution in [0.3, 0.4) is 0 Å². The van der Waals surface area contributed by atoms with Gasteiger partial charge in [0.1, 0.15) is 18.1 Å². The van der Waals surface area contributed by atoms with E-state index in [2.05, 4.69) is 15.9 Å². The molecule has 7 heteroatoms. The fraction of sp³-hybridized carbons (Fsp3) is 0.125. The van der Waals surface area contributed by atoms with Crippen molar-refractivity contribution in [2.45, 2.75) is 6.61 Å². The second kappa shape index (κ2) is 10.4. The molecule has 0 saturated carbocycles. The molecular formula is C24H20BrClO5. The smallest absolute Gasteiger partial charge is 0.185 e. The molecule has 0 atom stereocenters. The van der Waals surface area contributed by atoms with E-state index in [4.69, 9.17) is 25.8 Å². The molecule has 3 rings (SSSR count). The standard InChI is InChI=1S/C24H20BrClO5/c1-29-22-9-4-15(3-7-20(27)16-5-8-21(28)24(12-16)30-2)11-17(22)14-31-23-10-6-18(25)13-19(23)26/h3-13,28H,14H2,1-2H3/b7-3+. The summed E-state index contributed by atoms with van der Waals surface area (Å²) < 4.78 is 17.2. The van der Waals surface area contributed by atoms with E-state index in [0.717, 1.165) is 15.6 Å². The van der Waals surface area contributed by atoms with E-state index in [1.807, 2.05) is 24.3 Å². The summed E-state index contributed by atoms with van der Waals surface area (Å²) in [6.45, 7) is 0.245. The van der Waals surface area contributed by atoms with Crippen LogP contribution in [0.25, 0.3) is 6.08 Å². The lowest BCUT2D eigenvalue weighted by atomic mass is 10.1. The Labute approximate surface area is 194 Å². The molecular weight excluding hydrogens is 484 g/mol. The number of halogens is 2. The SMILES string of the molecule is COc1cc(C(=O)/C=C/c2ccc(OC)c(COc3ccc(Br)cc3Cl)c2)ccc1O. The van der Waals surface area contributed by atoms with Crippen LogP contribution in [0.1, 0.15) is 21.5 Å². The Hall–Kier alpha value is -2.96. The van der Waals surface area contributed by atoms with Crippen LogP contribution in [0.2, 0.25) is 5.02 Å². The highest BCUT2D eigenvalue weighted by Crippen LogP contribution is 2.30. The van der Waals surface area contributed by atoms with E-state index in [1.54, 1.807) is 31.4 Å². The highest BCUT2D eigenvalue weighted by molar-refractivity contribution is 9.10. The molecule has 0 saturated heterocycles. The zero-order valence-corrected chi connectivity index (χ0v) is 19.2. The van der Waals surface area contributed by atoms with Crippen LogP contribution in [0.4, 0.5) is 0 Å². The topological polar surface area (TPSA) is 65.0 Å². The number of aromatic hydroxyl groups is 1. The summed E-state index contributed by atoms with van der Waals surface area (Å²) >= 11 is 9.58. The maximum absolute atomic E-state index is 12.5. The predicted molar refractivity (Wildman–Crippen MR) is 125 cm³/mol. The number of benzene rings is 3. The number of ether oxygens (including phenoxy) is 3. The van der Waals surface area contributed by atoms with Crippen molar-refractivity contribution in [3.8, 4) is 23.0 Å². The normalized spacial score (nSPS) is 10.8. The molecule has 0 radical (unpaired) electrons. The minimum Gasteiger partial charge on any atom is -0.504 e. The van der Waals surface area contributed by atoms with Gasteiger partial charge in [-0.3, -0.25) is 4.79 Å². The van der Waals surface area contributed by atoms with Gasteiger partial charge in [0.15, 0.2) is 17.3 Å². The Kier molecular flexibility index (Phi) is 7.60. The number of ketones is 1. The summed E-state index contributed by atoms with van der Waals surface area (Å²) in [7, 11) is 3.02. The van der Waals surface area contributed by atoms with Gasteiger partial charge in [-0.1, -0.05) is 39.7 Å². The largest absolute Gasteiger partial charge is 0.504 e. The number of carbonyl (C=O) groups is 1. The minimum atomic E-state index is -0.214. The van der Waals surface area contributed by atoms with Crippen molar-refractivity contribution in [1.82, 2.24) is 0 Å². The molecule has 0 unspecified atom stereocenters. The second-order valence-corrected chi connectivity index (χ2v) is 7.84. The zero-order chi connectivity index (χ0) is 22.4. The fourth-order valence-corrected chi connectivity index (χ4v) is 3.59. The highest BCUT2D eigenvalue weighted by Gasteiger charge is 2.09. The van der Waals surface area contributed by atoms with Crippen molar-refractivity contribution < 1.29 is 24.1 Å². The molecule has 0 aliphatic rings. The Morgan fingerprint density at radius 2 is 1.74 bits per heavy atom. The second-order valence-electron chi connectivity index (χ2n) is 6.52. The van der Waals surface area contributed by atoms with Gasteiger partial charge in [0, 0.05) is 15.6 Å². The first-order valence-corrected chi connectivity index (χ1v) is 10.4. The molecule has 0 amide bonds. The lowest BCUT2D eigenvalue weighted by Gasteiger charge is -2.12. The summed E-state index contributed by atoms with van der Waals surface area (Å²) in [4.78, 5) is 12.5. The Balaban J connectivity index is 1.77. The zero-order valence-electron chi connectivity index (χ0n) is 16.9. The van der Waals surface area contributed by atoms with Crippen LogP contribution in [-0.2, 0) is 6.61 Å². The van der Waals surface area contributed by atoms with Crippen molar-refractivity contribution in [1.29, 1.82) is 0 Å². The first-order chi connectivity index (χ1) is 14.9. The van der Waals surface area contributed by atoms with Crippen LogP contribution in [-0.4, -0.2) is 25.1 Å². The van der Waals surface area contributed by atoms with Gasteiger partial charge >= 0.3 is 0 Å². The molecule has 0 bridgehead atoms. The van der Waals surface area contributed by atoms with E-state index >= 15 is 0 Å². The fourth-order valence-electron chi connectivity index (χ4n) is 2.86. The molecule has 0 aliphatic heterocycles. The van der Waals surface area contributed by atoms with Crippen molar-refractivity contribution >= 4 is 39.4 Å². The van der Waals surface area contributed by atoms with Crippen LogP contribution in [0.15, 0.2) is 65.1 Å². The van der Waals surface area contributed by atoms with Gasteiger partial charge in [0.05, 0.1) is 19.2 Å². The van der Waals surface area contributed by atoms with Crippen LogP contribution < -0.4 is 14.2 Å². The van der Waals surface area contributed by atoms with E-state index < -0.39 is 0 Å². The summed E-state index contributed by atoms with van der Waals surface area (Å²) in [6, 6.07) is 15.4. The lowest BCUT2D eigenvalue weighted by Crippen LogP contribution is -2.00. The molecule has 3 aromatic rings. The number of carbonyl (C=O) groups excluding carboxylic acids is 1. The van der Waals surface area contributed by atoms with Gasteiger partial charge in [-0.05, 0) is 60.2 Å². The molecule has 3 aromatic carbocycles. The van der Waals surface area contributed by atoms with Gasteiger partial charge in [-0.25, -0.2) is 0 Å². The average molecular weight is 504 g/mol. The number of hydrogen-bond donors (Lipinski definition) is 1. The number of allylic oxidation sites excluding steroid dienone is 1. The van der Waals surface area contributed by atoms with E-state index in [1.165, 1.54) is 25.3 Å². The van der Waals surface area contributed by atoms with Crippen LogP contribution >= 0.6 is 27.5 Å². The van der Waals surface area contributed by atoms with Gasteiger partial charge in [0.25, 0.3) is 0 Å². The summed E-state index contributed by atoms with van der Waals surface area (Å²) in [6.07, 6.45) is 3.17. The monoisotopic (exact) mass is 502 g/mol. The van der Waals surface area contributed by atoms with Gasteiger partial charge in [-0.2, -0.15) is 0 Å². The number of methoxy groups -OCH3 is 2. The average Bonchev–Trinajstić information content (AvgIpc) is 2.77. The number of phenolic OH excluding ortho intramolecular Hbond substituents is 1. The Morgan fingerprint density at radius 1 is 1.00 bits per heavy atom. The minimum absolute atomic E-state index is 0.0197. The molecule has 0 aromatic heterocycles. The quantitative estimate of drug-likeness (QED) is 0.289. The van der Waals surface area contributed by atoms with Crippen molar-refractivity contribution in [3.63, 3.8) is 0 Å². The van der Waals surface area contributed by atoms with Crippen molar-refractivity contribution in [2.75, 3.05) is 14.2 Å². The molecule has 31 heavy (non-hydrogen) atoms. The van der Waals surface area contributed by atoms with E-state index in [-0.39, 0.29) is 23.9 Å². The molecule has 0 heterocycles. The first kappa shape index (κ1) is 22.7. The maximum atomic E-state index is 12.5. The summed E-state index contributed by atoms with van der Waals surface area (Å²) in [5.41, 5.74) is 2.02. The Bertz CT molecular complexity index is 1130. The molecule has 0 aliphatic carbocycles. The third-order valence-corrected chi connectivity index (χ3v) is 5.26. The van der Waals surface area contributed by atoms with Crippen molar-refractivity contribution in [3.05, 3.63) is 86.9 Å². The molecule has 1 N–H and O–H groups in total. The van der Waals surface area contributed by atoms with Gasteiger partial charge in [0.2, 0.25) is 0 Å². The van der Waals surface area contributed by atoms with E-state index in [0.29, 0.717) is 22.1 Å². The van der Waals surface area contributed by atoms with Crippen LogP contribution in [0.5, 0.6) is 23.0 Å². The molecule has 0 fully saturated rings. The number of phenols is 1. The third-order valence-electron chi connectivity index (χ3n) is 4.47. The Morgan fingerprint density at radius 3 is 2.45 bits per heavy atom. The lowest BCUT2D eigenvalue weighted by molar-refractivity contribution is 0.104. The summed E-state index contributed by atoms with van der Waals surface area (Å²) in [5.74, 6) is 1.24. The number of rotatable bonds is 8. The maximum Gasteiger partial charge on any atom is 0.185 e. The van der Waals surface area contributed by atoms with Crippen LogP contribution in [0, 0.1) is 0 Å². The first-order valence-electron chi connectivity index (χ1n) is 9.25. The van der Waals surface area contributed by atoms with Crippen molar-refractivity contribution in [2.24, 2.45) is 0 Å². The molecule has 0 spiro atoms. The van der Waals surface area contributed by atoms with Gasteiger partial charge in [-0.15, -0.1) is 0 Å². The third kappa shape index (κ3) is 5.81. The van der Waals surface area contributed by atoms with E-state index in [9.17, 15) is 9.90 Å². The van der Waals surface area contributed by atoms with Gasteiger partial charge < -0.3 is 19.3 Å². The molecule has 160 valence electrons. The molecule has 5 nitrogen and oxygen atoms in total. The predicted octanol–water partition coefficient (Wildman–Crippen LogP) is 6.30. The summed E-state index contributed by atoms with van der Waals surface area (Å²) in [5, 5.41) is 10.2.